The van der Waals surface area contributed by atoms with E-state index in [1.807, 2.05) is 19.9 Å². The van der Waals surface area contributed by atoms with Gasteiger partial charge in [0.05, 0.1) is 11.4 Å². The largest absolute Gasteiger partial charge is 0.350 e. The maximum atomic E-state index is 12.0. The number of hydrogen-bond acceptors (Lipinski definition) is 3. The second kappa shape index (κ2) is 5.44. The van der Waals surface area contributed by atoms with Crippen LogP contribution in [-0.4, -0.2) is 23.6 Å². The molecule has 1 unspecified atom stereocenters. The van der Waals surface area contributed by atoms with E-state index >= 15 is 0 Å². The minimum Gasteiger partial charge on any atom is -0.350 e. The molecule has 0 fully saturated rings. The van der Waals surface area contributed by atoms with Crippen LogP contribution in [0.1, 0.15) is 30.6 Å². The van der Waals surface area contributed by atoms with Gasteiger partial charge in [0.25, 0.3) is 5.91 Å². The van der Waals surface area contributed by atoms with E-state index < -0.39 is 0 Å². The Hall–Kier alpha value is -1.49. The Morgan fingerprint density at radius 3 is 3.06 bits per heavy atom. The predicted molar refractivity (Wildman–Crippen MR) is 73.0 cm³/mol. The maximum Gasteiger partial charge on any atom is 0.251 e. The molecule has 0 radical (unpaired) electrons. The first kappa shape index (κ1) is 13.0. The van der Waals surface area contributed by atoms with Crippen molar-refractivity contribution in [3.63, 3.8) is 0 Å². The zero-order valence-electron chi connectivity index (χ0n) is 10.4. The minimum atomic E-state index is -0.100. The van der Waals surface area contributed by atoms with Crippen molar-refractivity contribution in [1.82, 2.24) is 5.32 Å². The van der Waals surface area contributed by atoms with Crippen LogP contribution in [0.3, 0.4) is 0 Å². The summed E-state index contributed by atoms with van der Waals surface area (Å²) in [5.41, 5.74) is 1.31. The van der Waals surface area contributed by atoms with Crippen molar-refractivity contribution in [2.24, 2.45) is 0 Å². The van der Waals surface area contributed by atoms with E-state index in [4.69, 9.17) is 0 Å². The highest BCUT2D eigenvalue weighted by atomic mass is 32.2. The zero-order chi connectivity index (χ0) is 13.1. The Morgan fingerprint density at radius 2 is 2.33 bits per heavy atom. The number of amides is 2. The van der Waals surface area contributed by atoms with Crippen LogP contribution < -0.4 is 10.6 Å². The Morgan fingerprint density at radius 1 is 1.56 bits per heavy atom. The number of anilines is 1. The Bertz CT molecular complexity index is 488. The van der Waals surface area contributed by atoms with Gasteiger partial charge in [-0.1, -0.05) is 6.92 Å². The predicted octanol–water partition coefficient (Wildman–Crippen LogP) is 2.26. The first-order chi connectivity index (χ1) is 8.60. The first-order valence-corrected chi connectivity index (χ1v) is 6.96. The molecule has 0 spiro atoms. The van der Waals surface area contributed by atoms with E-state index in [1.54, 1.807) is 12.1 Å². The number of carbonyl (C=O) groups excluding carboxylic acids is 2. The van der Waals surface area contributed by atoms with Gasteiger partial charge in [0.2, 0.25) is 5.91 Å². The molecule has 2 rings (SSSR count). The molecule has 1 aromatic rings. The standard InChI is InChI=1S/C13H16N2O2S/c1-3-8(2)14-13(17)9-4-5-11-10(6-9)15-12(16)7-18-11/h4-6,8H,3,7H2,1-2H3,(H,14,17)(H,15,16). The highest BCUT2D eigenvalue weighted by Crippen LogP contribution is 2.31. The molecule has 0 bridgehead atoms. The third-order valence-electron chi connectivity index (χ3n) is 2.86. The van der Waals surface area contributed by atoms with Gasteiger partial charge in [0, 0.05) is 16.5 Å². The third kappa shape index (κ3) is 2.85. The van der Waals surface area contributed by atoms with Crippen molar-refractivity contribution in [2.45, 2.75) is 31.2 Å². The van der Waals surface area contributed by atoms with Crippen LogP contribution in [0.4, 0.5) is 5.69 Å². The summed E-state index contributed by atoms with van der Waals surface area (Å²) in [5.74, 6) is 0.315. The summed E-state index contributed by atoms with van der Waals surface area (Å²) in [5, 5.41) is 5.69. The van der Waals surface area contributed by atoms with Crippen LogP contribution in [0.2, 0.25) is 0 Å². The molecule has 1 heterocycles. The Kier molecular flexibility index (Phi) is 3.91. The van der Waals surface area contributed by atoms with Gasteiger partial charge in [0.15, 0.2) is 0 Å². The highest BCUT2D eigenvalue weighted by molar-refractivity contribution is 8.00. The fourth-order valence-corrected chi connectivity index (χ4v) is 2.42. The van der Waals surface area contributed by atoms with Crippen molar-refractivity contribution in [3.8, 4) is 0 Å². The zero-order valence-corrected chi connectivity index (χ0v) is 11.3. The van der Waals surface area contributed by atoms with Gasteiger partial charge >= 0.3 is 0 Å². The Balaban J connectivity index is 2.17. The van der Waals surface area contributed by atoms with Gasteiger partial charge < -0.3 is 10.6 Å². The first-order valence-electron chi connectivity index (χ1n) is 5.97. The summed E-state index contributed by atoms with van der Waals surface area (Å²) < 4.78 is 0. The van der Waals surface area contributed by atoms with Crippen molar-refractivity contribution in [1.29, 1.82) is 0 Å². The lowest BCUT2D eigenvalue weighted by molar-refractivity contribution is -0.113. The molecular formula is C13H16N2O2S. The van der Waals surface area contributed by atoms with Gasteiger partial charge in [-0.2, -0.15) is 0 Å². The molecule has 1 atom stereocenters. The second-order valence-corrected chi connectivity index (χ2v) is 5.35. The Labute approximate surface area is 111 Å². The van der Waals surface area contributed by atoms with Crippen LogP contribution in [0.5, 0.6) is 0 Å². The number of hydrogen-bond donors (Lipinski definition) is 2. The van der Waals surface area contributed by atoms with Crippen molar-refractivity contribution in [2.75, 3.05) is 11.1 Å². The number of fused-ring (bicyclic) bond motifs is 1. The summed E-state index contributed by atoms with van der Waals surface area (Å²) in [6.07, 6.45) is 0.892. The van der Waals surface area contributed by atoms with E-state index in [2.05, 4.69) is 10.6 Å². The molecule has 2 N–H and O–H groups in total. The van der Waals surface area contributed by atoms with Crippen molar-refractivity contribution < 1.29 is 9.59 Å². The molecule has 0 aliphatic carbocycles. The minimum absolute atomic E-state index is 0.0213. The van der Waals surface area contributed by atoms with E-state index in [1.165, 1.54) is 11.8 Å². The van der Waals surface area contributed by atoms with Gasteiger partial charge in [-0.3, -0.25) is 9.59 Å². The van der Waals surface area contributed by atoms with Crippen LogP contribution in [0, 0.1) is 0 Å². The lowest BCUT2D eigenvalue weighted by atomic mass is 10.1. The molecule has 1 aromatic carbocycles. The molecule has 0 saturated heterocycles. The van der Waals surface area contributed by atoms with Crippen molar-refractivity contribution >= 4 is 29.3 Å². The normalized spacial score (nSPS) is 15.6. The molecule has 1 aliphatic heterocycles. The highest BCUT2D eigenvalue weighted by Gasteiger charge is 2.17. The fraction of sp³-hybridized carbons (Fsp3) is 0.385. The maximum absolute atomic E-state index is 12.0. The molecule has 2 amide bonds. The van der Waals surface area contributed by atoms with Gasteiger partial charge in [-0.25, -0.2) is 0 Å². The molecule has 1 aliphatic rings. The average Bonchev–Trinajstić information content (AvgIpc) is 2.37. The van der Waals surface area contributed by atoms with E-state index in [-0.39, 0.29) is 17.9 Å². The molecule has 18 heavy (non-hydrogen) atoms. The molecule has 4 nitrogen and oxygen atoms in total. The average molecular weight is 264 g/mol. The molecule has 0 saturated carbocycles. The monoisotopic (exact) mass is 264 g/mol. The lowest BCUT2D eigenvalue weighted by Gasteiger charge is -2.17. The SMILES string of the molecule is CCC(C)NC(=O)c1ccc2c(c1)NC(=O)CS2. The second-order valence-electron chi connectivity index (χ2n) is 4.33. The van der Waals surface area contributed by atoms with Crippen LogP contribution in [0.15, 0.2) is 23.1 Å². The molecule has 5 heteroatoms. The summed E-state index contributed by atoms with van der Waals surface area (Å²) in [6.45, 7) is 3.99. The fourth-order valence-electron chi connectivity index (χ4n) is 1.63. The van der Waals surface area contributed by atoms with Crippen LogP contribution in [-0.2, 0) is 4.79 Å². The number of nitrogens with one attached hydrogen (secondary N) is 2. The summed E-state index contributed by atoms with van der Waals surface area (Å²) >= 11 is 1.49. The molecule has 96 valence electrons. The van der Waals surface area contributed by atoms with E-state index in [0.717, 1.165) is 17.0 Å². The van der Waals surface area contributed by atoms with Crippen LogP contribution >= 0.6 is 11.8 Å². The van der Waals surface area contributed by atoms with Gasteiger partial charge in [0.1, 0.15) is 0 Å². The number of benzene rings is 1. The molecular weight excluding hydrogens is 248 g/mol. The van der Waals surface area contributed by atoms with Gasteiger partial charge in [-0.05, 0) is 31.5 Å². The topological polar surface area (TPSA) is 58.2 Å². The van der Waals surface area contributed by atoms with Crippen LogP contribution in [0.25, 0.3) is 0 Å². The number of thioether (sulfide) groups is 1. The van der Waals surface area contributed by atoms with Gasteiger partial charge in [-0.15, -0.1) is 11.8 Å². The quantitative estimate of drug-likeness (QED) is 0.880. The van der Waals surface area contributed by atoms with Crippen molar-refractivity contribution in [3.05, 3.63) is 23.8 Å². The van der Waals surface area contributed by atoms with E-state index in [0.29, 0.717) is 11.3 Å². The van der Waals surface area contributed by atoms with E-state index in [9.17, 15) is 9.59 Å². The number of rotatable bonds is 3. The third-order valence-corrected chi connectivity index (χ3v) is 3.94. The summed E-state index contributed by atoms with van der Waals surface area (Å²) in [7, 11) is 0. The number of carbonyl (C=O) groups is 2. The summed E-state index contributed by atoms with van der Waals surface area (Å²) in [6, 6.07) is 5.56. The summed E-state index contributed by atoms with van der Waals surface area (Å²) in [4.78, 5) is 24.3. The smallest absolute Gasteiger partial charge is 0.251 e. The molecule has 0 aromatic heterocycles. The lowest BCUT2D eigenvalue weighted by Crippen LogP contribution is -2.32.